The van der Waals surface area contributed by atoms with E-state index in [9.17, 15) is 9.18 Å². The Morgan fingerprint density at radius 2 is 2.03 bits per heavy atom. The van der Waals surface area contributed by atoms with E-state index in [-0.39, 0.29) is 30.3 Å². The summed E-state index contributed by atoms with van der Waals surface area (Å²) in [5, 5.41) is 9.70. The molecule has 3 aromatic rings. The van der Waals surface area contributed by atoms with Gasteiger partial charge in [0.1, 0.15) is 5.82 Å². The summed E-state index contributed by atoms with van der Waals surface area (Å²) in [6.07, 6.45) is 0.750. The number of carbonyl (C=O) groups excluding carboxylic acids is 1. The Balaban J connectivity index is 1.45. The third-order valence-electron chi connectivity index (χ3n) is 5.73. The molecular weight excluding hydrogens is 425 g/mol. The molecule has 0 amide bonds. The Kier molecular flexibility index (Phi) is 7.42. The first-order valence-electron chi connectivity index (χ1n) is 10.9. The van der Waals surface area contributed by atoms with Gasteiger partial charge in [0.05, 0.1) is 29.4 Å². The average Bonchev–Trinajstić information content (AvgIpc) is 3.37. The fourth-order valence-electron chi connectivity index (χ4n) is 4.23. The average molecular weight is 454 g/mol. The van der Waals surface area contributed by atoms with Gasteiger partial charge in [-0.2, -0.15) is 0 Å². The van der Waals surface area contributed by atoms with Crippen LogP contribution in [0.2, 0.25) is 0 Å². The summed E-state index contributed by atoms with van der Waals surface area (Å²) < 4.78 is 19.5. The Bertz CT molecular complexity index is 1050. The van der Waals surface area contributed by atoms with Gasteiger partial charge in [0, 0.05) is 24.6 Å². The molecule has 0 radical (unpaired) electrons. The van der Waals surface area contributed by atoms with Crippen molar-refractivity contribution in [1.29, 1.82) is 0 Å². The minimum absolute atomic E-state index is 0.00485. The highest BCUT2D eigenvalue weighted by Crippen LogP contribution is 2.34. The molecule has 0 bridgehead atoms. The van der Waals surface area contributed by atoms with Crippen molar-refractivity contribution >= 4 is 17.1 Å². The molecule has 5 nitrogen and oxygen atoms in total. The van der Waals surface area contributed by atoms with Crippen molar-refractivity contribution in [2.75, 3.05) is 13.2 Å². The monoisotopic (exact) mass is 453 g/mol. The third kappa shape index (κ3) is 5.30. The lowest BCUT2D eigenvalue weighted by atomic mass is 10.0. The molecule has 0 aliphatic heterocycles. The van der Waals surface area contributed by atoms with Crippen LogP contribution in [0.4, 0.5) is 4.39 Å². The molecule has 4 rings (SSSR count). The number of Topliss-reactive ketones (excluding diaryl/α,β-unsaturated/α-hetero) is 1. The normalized spacial score (nSPS) is 18.5. The van der Waals surface area contributed by atoms with Crippen LogP contribution in [0.25, 0.3) is 0 Å². The smallest absolute Gasteiger partial charge is 0.167 e. The van der Waals surface area contributed by atoms with Crippen LogP contribution in [0.15, 0.2) is 53.9 Å². The van der Waals surface area contributed by atoms with Gasteiger partial charge in [-0.25, -0.2) is 9.37 Å². The molecule has 1 aliphatic rings. The summed E-state index contributed by atoms with van der Waals surface area (Å²) in [6.45, 7) is 5.20. The second-order valence-electron chi connectivity index (χ2n) is 7.96. The van der Waals surface area contributed by atoms with E-state index in [0.717, 1.165) is 22.7 Å². The van der Waals surface area contributed by atoms with Gasteiger partial charge in [-0.15, -0.1) is 11.3 Å². The number of benzene rings is 2. The second kappa shape index (κ2) is 10.4. The van der Waals surface area contributed by atoms with E-state index in [2.05, 4.69) is 27.8 Å². The fourth-order valence-corrected chi connectivity index (χ4v) is 4.84. The van der Waals surface area contributed by atoms with E-state index in [4.69, 9.17) is 4.74 Å². The Hall–Kier alpha value is -2.45. The van der Waals surface area contributed by atoms with Gasteiger partial charge in [0.25, 0.3) is 0 Å². The summed E-state index contributed by atoms with van der Waals surface area (Å²) in [7, 11) is 0. The molecule has 1 heterocycles. The van der Waals surface area contributed by atoms with Gasteiger partial charge in [0.15, 0.2) is 5.78 Å². The number of nitrogens with zero attached hydrogens (tertiary/aromatic N) is 1. The molecule has 1 aromatic heterocycles. The number of halogens is 1. The summed E-state index contributed by atoms with van der Waals surface area (Å²) in [5.74, 6) is -0.328. The number of ether oxygens (including phenoxy) is 1. The Morgan fingerprint density at radius 1 is 1.25 bits per heavy atom. The van der Waals surface area contributed by atoms with Crippen LogP contribution in [0.3, 0.4) is 0 Å². The number of aryl methyl sites for hydroxylation is 1. The van der Waals surface area contributed by atoms with Crippen LogP contribution in [-0.4, -0.2) is 30.0 Å². The number of ketones is 1. The first-order chi connectivity index (χ1) is 15.5. The number of aromatic nitrogens is 1. The first kappa shape index (κ1) is 22.7. The van der Waals surface area contributed by atoms with Crippen molar-refractivity contribution in [1.82, 2.24) is 15.6 Å². The molecule has 7 heteroatoms. The zero-order chi connectivity index (χ0) is 22.5. The zero-order valence-corrected chi connectivity index (χ0v) is 19.1. The molecular formula is C25H28FN3O2S. The summed E-state index contributed by atoms with van der Waals surface area (Å²) >= 11 is 1.58. The van der Waals surface area contributed by atoms with Crippen LogP contribution in [0.1, 0.15) is 46.5 Å². The van der Waals surface area contributed by atoms with Crippen molar-refractivity contribution in [2.45, 2.75) is 45.0 Å². The number of nitrogens with one attached hydrogen (secondary N) is 2. The van der Waals surface area contributed by atoms with Gasteiger partial charge in [-0.05, 0) is 49.1 Å². The van der Waals surface area contributed by atoms with Crippen LogP contribution >= 0.6 is 11.3 Å². The van der Waals surface area contributed by atoms with Crippen LogP contribution in [0, 0.1) is 12.7 Å². The number of hydrogen-bond acceptors (Lipinski definition) is 6. The molecule has 0 spiro atoms. The number of thiazole rings is 1. The van der Waals surface area contributed by atoms with Crippen molar-refractivity contribution in [3.8, 4) is 0 Å². The topological polar surface area (TPSA) is 63.2 Å². The molecule has 0 saturated heterocycles. The number of hydrogen-bond donors (Lipinski definition) is 2. The predicted octanol–water partition coefficient (Wildman–Crippen LogP) is 4.28. The maximum Gasteiger partial charge on any atom is 0.167 e. The highest BCUT2D eigenvalue weighted by atomic mass is 32.1. The van der Waals surface area contributed by atoms with Crippen LogP contribution in [-0.2, 0) is 22.5 Å². The van der Waals surface area contributed by atoms with Crippen molar-refractivity contribution in [3.63, 3.8) is 0 Å². The molecule has 1 aliphatic carbocycles. The van der Waals surface area contributed by atoms with Gasteiger partial charge < -0.3 is 10.1 Å². The van der Waals surface area contributed by atoms with E-state index >= 15 is 0 Å². The van der Waals surface area contributed by atoms with Gasteiger partial charge in [-0.3, -0.25) is 10.1 Å². The second-order valence-corrected chi connectivity index (χ2v) is 9.02. The predicted molar refractivity (Wildman–Crippen MR) is 124 cm³/mol. The number of fused-ring (bicyclic) bond motifs is 1. The highest BCUT2D eigenvalue weighted by molar-refractivity contribution is 7.09. The van der Waals surface area contributed by atoms with E-state index in [0.29, 0.717) is 13.2 Å². The number of carbonyl (C=O) groups is 1. The van der Waals surface area contributed by atoms with E-state index < -0.39 is 6.04 Å². The Morgan fingerprint density at radius 3 is 2.75 bits per heavy atom. The lowest BCUT2D eigenvalue weighted by Gasteiger charge is -2.23. The molecule has 2 aromatic carbocycles. The standard InChI is InChI=1S/C25H28FN3O2S/c1-3-31-25-21-7-5-4-6-18(21)12-22(25)27-14-23(30)24(17-8-10-19(26)11-9-17)28-13-20-15-32-16(2)29-20/h4-11,15,22,24-25,27-28H,3,12-14H2,1-2H3/t22?,24-,25?/m0/s1. The van der Waals surface area contributed by atoms with Gasteiger partial charge >= 0.3 is 0 Å². The summed E-state index contributed by atoms with van der Waals surface area (Å²) in [5.41, 5.74) is 4.07. The zero-order valence-electron chi connectivity index (χ0n) is 18.3. The van der Waals surface area contributed by atoms with Gasteiger partial charge in [0.2, 0.25) is 0 Å². The maximum absolute atomic E-state index is 13.5. The summed E-state index contributed by atoms with van der Waals surface area (Å²) in [6, 6.07) is 13.8. The molecule has 2 unspecified atom stereocenters. The molecule has 2 N–H and O–H groups in total. The lowest BCUT2D eigenvalue weighted by molar-refractivity contribution is -0.120. The molecule has 3 atom stereocenters. The molecule has 32 heavy (non-hydrogen) atoms. The van der Waals surface area contributed by atoms with E-state index in [1.165, 1.54) is 23.3 Å². The summed E-state index contributed by atoms with van der Waals surface area (Å²) in [4.78, 5) is 17.7. The largest absolute Gasteiger partial charge is 0.372 e. The highest BCUT2D eigenvalue weighted by Gasteiger charge is 2.33. The first-order valence-corrected chi connectivity index (χ1v) is 11.8. The van der Waals surface area contributed by atoms with Crippen LogP contribution < -0.4 is 10.6 Å². The van der Waals surface area contributed by atoms with Crippen molar-refractivity contribution in [3.05, 3.63) is 87.1 Å². The van der Waals surface area contributed by atoms with E-state index in [1.54, 1.807) is 23.5 Å². The van der Waals surface area contributed by atoms with Gasteiger partial charge in [-0.1, -0.05) is 36.4 Å². The van der Waals surface area contributed by atoms with Crippen molar-refractivity contribution in [2.24, 2.45) is 0 Å². The number of rotatable bonds is 10. The Labute approximate surface area is 192 Å². The SMILES string of the molecule is CCOC1c2ccccc2CC1NCC(=O)[C@@H](NCc1csc(C)n1)c1ccc(F)cc1. The van der Waals surface area contributed by atoms with Crippen LogP contribution in [0.5, 0.6) is 0 Å². The maximum atomic E-state index is 13.5. The van der Waals surface area contributed by atoms with E-state index in [1.807, 2.05) is 31.4 Å². The van der Waals surface area contributed by atoms with Crippen molar-refractivity contribution < 1.29 is 13.9 Å². The quantitative estimate of drug-likeness (QED) is 0.480. The molecule has 0 fully saturated rings. The molecule has 0 saturated carbocycles. The third-order valence-corrected chi connectivity index (χ3v) is 6.55. The fraction of sp³-hybridized carbons (Fsp3) is 0.360. The minimum atomic E-state index is -0.556. The minimum Gasteiger partial charge on any atom is -0.372 e. The molecule has 168 valence electrons. The lowest BCUT2D eigenvalue weighted by Crippen LogP contribution is -2.41.